The maximum atomic E-state index is 12.0. The predicted octanol–water partition coefficient (Wildman–Crippen LogP) is 3.59. The van der Waals surface area contributed by atoms with Crippen molar-refractivity contribution in [3.8, 4) is 0 Å². The summed E-state index contributed by atoms with van der Waals surface area (Å²) < 4.78 is 0. The predicted molar refractivity (Wildman–Crippen MR) is 76.0 cm³/mol. The van der Waals surface area contributed by atoms with Crippen molar-refractivity contribution < 1.29 is 4.79 Å². The van der Waals surface area contributed by atoms with E-state index in [0.717, 1.165) is 17.8 Å². The summed E-state index contributed by atoms with van der Waals surface area (Å²) >= 11 is 0. The fraction of sp³-hybridized carbons (Fsp3) is 0.533. The highest BCUT2D eigenvalue weighted by atomic mass is 16.1. The minimum Gasteiger partial charge on any atom is -0.388 e. The van der Waals surface area contributed by atoms with Gasteiger partial charge in [-0.15, -0.1) is 0 Å². The van der Waals surface area contributed by atoms with Crippen LogP contribution in [0.5, 0.6) is 0 Å². The number of carbonyl (C=O) groups is 1. The van der Waals surface area contributed by atoms with Crippen molar-refractivity contribution in [1.29, 1.82) is 0 Å². The Morgan fingerprint density at radius 1 is 1.39 bits per heavy atom. The monoisotopic (exact) mass is 246 g/mol. The average Bonchev–Trinajstić information content (AvgIpc) is 2.39. The van der Waals surface area contributed by atoms with Gasteiger partial charge in [0.15, 0.2) is 0 Å². The molecule has 0 saturated heterocycles. The lowest BCUT2D eigenvalue weighted by molar-refractivity contribution is -0.120. The second-order valence-electron chi connectivity index (χ2n) is 5.08. The van der Waals surface area contributed by atoms with Crippen LogP contribution < -0.4 is 10.6 Å². The fourth-order valence-corrected chi connectivity index (χ4v) is 2.67. The van der Waals surface area contributed by atoms with Crippen molar-refractivity contribution in [2.45, 2.75) is 39.0 Å². The van der Waals surface area contributed by atoms with Crippen molar-refractivity contribution in [3.05, 3.63) is 23.8 Å². The molecule has 2 rings (SSSR count). The smallest absolute Gasteiger partial charge is 0.227 e. The molecule has 98 valence electrons. The van der Waals surface area contributed by atoms with Gasteiger partial charge < -0.3 is 10.6 Å². The van der Waals surface area contributed by atoms with Gasteiger partial charge in [0.2, 0.25) is 5.91 Å². The fourth-order valence-electron chi connectivity index (χ4n) is 2.67. The minimum absolute atomic E-state index is 0.0736. The molecule has 1 aromatic carbocycles. The van der Waals surface area contributed by atoms with Gasteiger partial charge in [0, 0.05) is 24.3 Å². The molecule has 0 aromatic heterocycles. The standard InChI is InChI=1S/C15H22N2O/c1-4-5-6-12-10(2)15(18)17-14-9-11(16-3)7-8-13(12)14/h7-10,12,16H,4-6H2,1-3H3,(H,17,18). The number of carbonyl (C=O) groups excluding carboxylic acids is 1. The van der Waals surface area contributed by atoms with Crippen LogP contribution >= 0.6 is 0 Å². The Labute approximate surface area is 109 Å². The largest absolute Gasteiger partial charge is 0.388 e. The van der Waals surface area contributed by atoms with E-state index < -0.39 is 0 Å². The average molecular weight is 246 g/mol. The zero-order valence-electron chi connectivity index (χ0n) is 11.4. The van der Waals surface area contributed by atoms with E-state index in [0.29, 0.717) is 5.92 Å². The number of unbranched alkanes of at least 4 members (excludes halogenated alkanes) is 1. The summed E-state index contributed by atoms with van der Waals surface area (Å²) in [6.07, 6.45) is 3.45. The molecule has 0 saturated carbocycles. The molecule has 2 N–H and O–H groups in total. The van der Waals surface area contributed by atoms with E-state index in [-0.39, 0.29) is 11.8 Å². The zero-order valence-corrected chi connectivity index (χ0v) is 11.4. The molecule has 1 amide bonds. The third-order valence-corrected chi connectivity index (χ3v) is 3.89. The van der Waals surface area contributed by atoms with Gasteiger partial charge >= 0.3 is 0 Å². The molecule has 3 nitrogen and oxygen atoms in total. The van der Waals surface area contributed by atoms with Gasteiger partial charge in [-0.05, 0) is 30.0 Å². The van der Waals surface area contributed by atoms with Gasteiger partial charge in [0.1, 0.15) is 0 Å². The van der Waals surface area contributed by atoms with E-state index in [1.807, 2.05) is 20.0 Å². The van der Waals surface area contributed by atoms with Crippen molar-refractivity contribution >= 4 is 17.3 Å². The molecular formula is C15H22N2O. The molecule has 3 heteroatoms. The topological polar surface area (TPSA) is 41.1 Å². The van der Waals surface area contributed by atoms with Crippen molar-refractivity contribution in [2.24, 2.45) is 5.92 Å². The molecule has 0 bridgehead atoms. The molecule has 2 unspecified atom stereocenters. The second kappa shape index (κ2) is 5.42. The van der Waals surface area contributed by atoms with Crippen LogP contribution in [-0.2, 0) is 4.79 Å². The van der Waals surface area contributed by atoms with E-state index in [9.17, 15) is 4.79 Å². The maximum Gasteiger partial charge on any atom is 0.227 e. The third-order valence-electron chi connectivity index (χ3n) is 3.89. The number of fused-ring (bicyclic) bond motifs is 1. The first-order valence-corrected chi connectivity index (χ1v) is 6.80. The summed E-state index contributed by atoms with van der Waals surface area (Å²) in [6, 6.07) is 6.26. The first kappa shape index (κ1) is 12.9. The highest BCUT2D eigenvalue weighted by Gasteiger charge is 2.31. The normalized spacial score (nSPS) is 22.3. The molecular weight excluding hydrogens is 224 g/mol. The highest BCUT2D eigenvalue weighted by Crippen LogP contribution is 2.40. The lowest BCUT2D eigenvalue weighted by Gasteiger charge is -2.31. The van der Waals surface area contributed by atoms with Crippen LogP contribution in [0.15, 0.2) is 18.2 Å². The summed E-state index contributed by atoms with van der Waals surface area (Å²) in [5.41, 5.74) is 3.30. The maximum absolute atomic E-state index is 12.0. The van der Waals surface area contributed by atoms with Crippen LogP contribution in [-0.4, -0.2) is 13.0 Å². The van der Waals surface area contributed by atoms with Crippen LogP contribution in [0.2, 0.25) is 0 Å². The molecule has 0 fully saturated rings. The summed E-state index contributed by atoms with van der Waals surface area (Å²) in [5.74, 6) is 0.584. The number of hydrogen-bond donors (Lipinski definition) is 2. The van der Waals surface area contributed by atoms with E-state index in [4.69, 9.17) is 0 Å². The molecule has 1 aromatic rings. The molecule has 1 heterocycles. The van der Waals surface area contributed by atoms with Crippen LogP contribution in [0.4, 0.5) is 11.4 Å². The van der Waals surface area contributed by atoms with Gasteiger partial charge in [-0.2, -0.15) is 0 Å². The van der Waals surface area contributed by atoms with Gasteiger partial charge in [-0.3, -0.25) is 4.79 Å². The third kappa shape index (κ3) is 2.35. The Kier molecular flexibility index (Phi) is 3.90. The first-order valence-electron chi connectivity index (χ1n) is 6.80. The molecule has 1 aliphatic heterocycles. The van der Waals surface area contributed by atoms with Crippen LogP contribution in [0.3, 0.4) is 0 Å². The van der Waals surface area contributed by atoms with Gasteiger partial charge in [-0.1, -0.05) is 32.8 Å². The number of anilines is 2. The molecule has 0 aliphatic carbocycles. The Bertz CT molecular complexity index is 442. The number of nitrogens with one attached hydrogen (secondary N) is 2. The lowest BCUT2D eigenvalue weighted by Crippen LogP contribution is -2.31. The van der Waals surface area contributed by atoms with Crippen molar-refractivity contribution in [2.75, 3.05) is 17.7 Å². The molecule has 18 heavy (non-hydrogen) atoms. The molecule has 0 spiro atoms. The summed E-state index contributed by atoms with van der Waals surface area (Å²) in [4.78, 5) is 12.0. The van der Waals surface area contributed by atoms with E-state index in [1.54, 1.807) is 0 Å². The Balaban J connectivity index is 2.34. The van der Waals surface area contributed by atoms with E-state index >= 15 is 0 Å². The lowest BCUT2D eigenvalue weighted by atomic mass is 9.79. The van der Waals surface area contributed by atoms with Crippen LogP contribution in [0.25, 0.3) is 0 Å². The van der Waals surface area contributed by atoms with Gasteiger partial charge in [0.05, 0.1) is 0 Å². The van der Waals surface area contributed by atoms with Gasteiger partial charge in [-0.25, -0.2) is 0 Å². The summed E-state index contributed by atoms with van der Waals surface area (Å²) in [6.45, 7) is 4.23. The Morgan fingerprint density at radius 2 is 2.17 bits per heavy atom. The second-order valence-corrected chi connectivity index (χ2v) is 5.08. The summed E-state index contributed by atoms with van der Waals surface area (Å²) in [7, 11) is 1.89. The van der Waals surface area contributed by atoms with E-state index in [1.165, 1.54) is 18.4 Å². The van der Waals surface area contributed by atoms with Crippen LogP contribution in [0, 0.1) is 5.92 Å². The quantitative estimate of drug-likeness (QED) is 0.852. The molecule has 1 aliphatic rings. The molecule has 2 atom stereocenters. The van der Waals surface area contributed by atoms with E-state index in [2.05, 4.69) is 29.7 Å². The van der Waals surface area contributed by atoms with Crippen molar-refractivity contribution in [3.63, 3.8) is 0 Å². The minimum atomic E-state index is 0.0736. The molecule has 0 radical (unpaired) electrons. The number of hydrogen-bond acceptors (Lipinski definition) is 2. The highest BCUT2D eigenvalue weighted by molar-refractivity contribution is 5.97. The number of benzene rings is 1. The van der Waals surface area contributed by atoms with Crippen molar-refractivity contribution in [1.82, 2.24) is 0 Å². The van der Waals surface area contributed by atoms with Gasteiger partial charge in [0.25, 0.3) is 0 Å². The first-order chi connectivity index (χ1) is 8.67. The summed E-state index contributed by atoms with van der Waals surface area (Å²) in [5, 5.41) is 6.12. The number of amides is 1. The zero-order chi connectivity index (χ0) is 13.1. The Morgan fingerprint density at radius 3 is 2.83 bits per heavy atom. The Hall–Kier alpha value is -1.51. The number of rotatable bonds is 4. The SMILES string of the molecule is CCCCC1c2ccc(NC)cc2NC(=O)C1C. The van der Waals surface area contributed by atoms with Crippen LogP contribution in [0.1, 0.15) is 44.6 Å².